The van der Waals surface area contributed by atoms with Gasteiger partial charge >= 0.3 is 0 Å². The molecule has 0 aliphatic carbocycles. The summed E-state index contributed by atoms with van der Waals surface area (Å²) < 4.78 is 2.05. The third-order valence-electron chi connectivity index (χ3n) is 3.56. The predicted molar refractivity (Wildman–Crippen MR) is 122 cm³/mol. The Kier molecular flexibility index (Phi) is 17.7. The van der Waals surface area contributed by atoms with Crippen LogP contribution in [0.4, 0.5) is 0 Å². The van der Waals surface area contributed by atoms with E-state index in [0.717, 1.165) is 16.9 Å². The molecule has 0 atom stereocenters. The van der Waals surface area contributed by atoms with E-state index in [4.69, 9.17) is 0 Å². The van der Waals surface area contributed by atoms with Crippen LogP contribution in [0.1, 0.15) is 69.2 Å². The van der Waals surface area contributed by atoms with Gasteiger partial charge in [0.1, 0.15) is 0 Å². The van der Waals surface area contributed by atoms with Crippen molar-refractivity contribution in [1.29, 1.82) is 0 Å². The molecule has 3 rings (SSSR count). The van der Waals surface area contributed by atoms with Crippen LogP contribution in [0, 0.1) is 12.1 Å². The third kappa shape index (κ3) is 10.4. The molecule has 0 amide bonds. The summed E-state index contributed by atoms with van der Waals surface area (Å²) in [7, 11) is 0. The quantitative estimate of drug-likeness (QED) is 0.288. The van der Waals surface area contributed by atoms with Gasteiger partial charge in [0, 0.05) is 58.9 Å². The van der Waals surface area contributed by atoms with Crippen molar-refractivity contribution in [3.8, 4) is 0 Å². The third-order valence-corrected chi connectivity index (χ3v) is 3.56. The Labute approximate surface area is 213 Å². The standard InChI is InChI=1S/C10H12N3.C10H14N.2C2H6.2W/c1-10(2,3)13-7-12-8-5-4-6-11-9(8)13;1-9-7-5-6-8-11(9)10(2,3)4;2*1-2;;/h4,6-7H,1-3H3;6-8H,1H2,2-4H3;2*1-2H3;;/q2*-1;;;;. The SMILES string of the molecule is C=C1C=[C-]C=CN1C(C)(C)C.CC.CC.CC(C)(C)n1cnc2[c-]ccnc21.[W].[W]. The molecular formula is C24H38N4W2-2. The van der Waals surface area contributed by atoms with Crippen molar-refractivity contribution >= 4 is 11.2 Å². The summed E-state index contributed by atoms with van der Waals surface area (Å²) >= 11 is 0. The van der Waals surface area contributed by atoms with Crippen molar-refractivity contribution in [2.45, 2.75) is 80.3 Å². The number of imidazole rings is 1. The fourth-order valence-corrected chi connectivity index (χ4v) is 2.36. The first kappa shape index (κ1) is 33.6. The second-order valence-corrected chi connectivity index (χ2v) is 7.71. The van der Waals surface area contributed by atoms with E-state index in [9.17, 15) is 0 Å². The first-order chi connectivity index (χ1) is 13.1. The Morgan fingerprint density at radius 1 is 0.900 bits per heavy atom. The van der Waals surface area contributed by atoms with Gasteiger partial charge in [0.15, 0.2) is 0 Å². The molecule has 1 aliphatic heterocycles. The molecule has 0 radical (unpaired) electrons. The monoisotopic (exact) mass is 750 g/mol. The number of pyridine rings is 1. The summed E-state index contributed by atoms with van der Waals surface area (Å²) in [6, 6.07) is 4.83. The van der Waals surface area contributed by atoms with Crippen LogP contribution in [0.5, 0.6) is 0 Å². The van der Waals surface area contributed by atoms with Gasteiger partial charge in [0.2, 0.25) is 0 Å². The van der Waals surface area contributed by atoms with Gasteiger partial charge in [-0.3, -0.25) is 4.98 Å². The largest absolute Gasteiger partial charge is 0.449 e. The first-order valence-corrected chi connectivity index (χ1v) is 10.0. The summed E-state index contributed by atoms with van der Waals surface area (Å²) in [4.78, 5) is 10.6. The van der Waals surface area contributed by atoms with Gasteiger partial charge in [-0.2, -0.15) is 30.4 Å². The van der Waals surface area contributed by atoms with Crippen molar-refractivity contribution in [1.82, 2.24) is 19.4 Å². The maximum atomic E-state index is 4.28. The summed E-state index contributed by atoms with van der Waals surface area (Å²) in [5.41, 5.74) is 2.87. The van der Waals surface area contributed by atoms with Crippen LogP contribution in [-0.2, 0) is 47.7 Å². The van der Waals surface area contributed by atoms with E-state index in [2.05, 4.69) is 79.7 Å². The molecule has 0 aromatic carbocycles. The van der Waals surface area contributed by atoms with E-state index in [1.54, 1.807) is 12.3 Å². The van der Waals surface area contributed by atoms with E-state index in [-0.39, 0.29) is 53.2 Å². The summed E-state index contributed by atoms with van der Waals surface area (Å²) in [5, 5.41) is 0. The van der Waals surface area contributed by atoms with Gasteiger partial charge in [0.25, 0.3) is 0 Å². The average molecular weight is 750 g/mol. The zero-order chi connectivity index (χ0) is 22.0. The van der Waals surface area contributed by atoms with Crippen LogP contribution < -0.4 is 0 Å². The summed E-state index contributed by atoms with van der Waals surface area (Å²) in [6.45, 7) is 24.8. The van der Waals surface area contributed by atoms with E-state index in [0.29, 0.717) is 0 Å². The number of fused-ring (bicyclic) bond motifs is 1. The van der Waals surface area contributed by atoms with E-state index in [1.165, 1.54) is 0 Å². The van der Waals surface area contributed by atoms with Gasteiger partial charge in [-0.05, 0) is 47.1 Å². The fourth-order valence-electron chi connectivity index (χ4n) is 2.36. The molecule has 3 heterocycles. The number of rotatable bonds is 0. The maximum Gasteiger partial charge on any atom is 0.0837 e. The normalized spacial score (nSPS) is 12.2. The molecule has 2 aromatic rings. The minimum atomic E-state index is 0. The molecule has 0 spiro atoms. The Bertz CT molecular complexity index is 778. The van der Waals surface area contributed by atoms with Gasteiger partial charge in [-0.25, -0.2) is 0 Å². The molecule has 0 saturated heterocycles. The molecule has 0 bridgehead atoms. The van der Waals surface area contributed by atoms with Crippen LogP contribution in [0.2, 0.25) is 0 Å². The molecule has 4 nitrogen and oxygen atoms in total. The Hall–Kier alpha value is -0.983. The number of hydrogen-bond acceptors (Lipinski definition) is 3. The fraction of sp³-hybridized carbons (Fsp3) is 0.500. The molecule has 2 aromatic heterocycles. The van der Waals surface area contributed by atoms with E-state index in [1.807, 2.05) is 52.4 Å². The van der Waals surface area contributed by atoms with Crippen LogP contribution in [0.15, 0.2) is 49.2 Å². The molecular weight excluding hydrogens is 712 g/mol. The summed E-state index contributed by atoms with van der Waals surface area (Å²) in [6.07, 6.45) is 12.3. The molecule has 1 aliphatic rings. The maximum absolute atomic E-state index is 4.28. The Balaban J connectivity index is -0.000000398. The number of nitrogens with zero attached hydrogens (tertiary/aromatic N) is 4. The van der Waals surface area contributed by atoms with Gasteiger partial charge in [-0.15, -0.1) is 12.8 Å². The van der Waals surface area contributed by atoms with Gasteiger partial charge in [-0.1, -0.05) is 39.6 Å². The minimum absolute atomic E-state index is 0. The topological polar surface area (TPSA) is 34.0 Å². The second-order valence-electron chi connectivity index (χ2n) is 7.71. The molecule has 0 saturated carbocycles. The smallest absolute Gasteiger partial charge is 0.0837 e. The van der Waals surface area contributed by atoms with Crippen molar-refractivity contribution in [2.75, 3.05) is 0 Å². The van der Waals surface area contributed by atoms with Crippen LogP contribution in [0.25, 0.3) is 11.2 Å². The molecule has 0 fully saturated rings. The molecule has 6 heteroatoms. The Morgan fingerprint density at radius 2 is 1.47 bits per heavy atom. The molecule has 168 valence electrons. The van der Waals surface area contributed by atoms with Gasteiger partial charge in [0.05, 0.1) is 6.33 Å². The van der Waals surface area contributed by atoms with Crippen LogP contribution in [-0.4, -0.2) is 25.0 Å². The van der Waals surface area contributed by atoms with Crippen molar-refractivity contribution in [3.05, 3.63) is 61.4 Å². The number of hydrogen-bond donors (Lipinski definition) is 0. The minimum Gasteiger partial charge on any atom is -0.449 e. The summed E-state index contributed by atoms with van der Waals surface area (Å²) in [5.74, 6) is 0. The van der Waals surface area contributed by atoms with Crippen molar-refractivity contribution < 1.29 is 42.1 Å². The first-order valence-electron chi connectivity index (χ1n) is 10.0. The molecule has 0 unspecified atom stereocenters. The van der Waals surface area contributed by atoms with E-state index >= 15 is 0 Å². The zero-order valence-corrected chi connectivity index (χ0v) is 26.1. The van der Waals surface area contributed by atoms with Gasteiger partial charge < -0.3 is 14.5 Å². The van der Waals surface area contributed by atoms with Crippen molar-refractivity contribution in [2.24, 2.45) is 0 Å². The second kappa shape index (κ2) is 15.8. The molecule has 30 heavy (non-hydrogen) atoms. The predicted octanol–water partition coefficient (Wildman–Crippen LogP) is 6.52. The van der Waals surface area contributed by atoms with Crippen molar-refractivity contribution in [3.63, 3.8) is 0 Å². The molecule has 0 N–H and O–H groups in total. The zero-order valence-electron chi connectivity index (χ0n) is 20.3. The van der Waals surface area contributed by atoms with Crippen LogP contribution >= 0.6 is 0 Å². The van der Waals surface area contributed by atoms with E-state index < -0.39 is 0 Å². The Morgan fingerprint density at radius 3 is 1.90 bits per heavy atom. The number of allylic oxidation sites excluding steroid dienone is 3. The average Bonchev–Trinajstić information content (AvgIpc) is 3.10. The number of aromatic nitrogens is 3. The van der Waals surface area contributed by atoms with Crippen LogP contribution in [0.3, 0.4) is 0 Å².